The molecular weight excluding hydrogens is 579 g/mol. The summed E-state index contributed by atoms with van der Waals surface area (Å²) in [6.07, 6.45) is 4.35. The van der Waals surface area contributed by atoms with Gasteiger partial charge in [-0.25, -0.2) is 0 Å². The summed E-state index contributed by atoms with van der Waals surface area (Å²) in [6, 6.07) is 61.4. The molecule has 0 aliphatic rings. The third-order valence-electron chi connectivity index (χ3n) is 8.99. The van der Waals surface area contributed by atoms with Gasteiger partial charge in [0.15, 0.2) is 0 Å². The predicted octanol–water partition coefficient (Wildman–Crippen LogP) is 13.3. The maximum atomic E-state index is 2.37. The minimum Gasteiger partial charge on any atom is -0.310 e. The fourth-order valence-corrected chi connectivity index (χ4v) is 6.34. The summed E-state index contributed by atoms with van der Waals surface area (Å²) < 4.78 is 0. The van der Waals surface area contributed by atoms with E-state index in [0.717, 1.165) is 22.6 Å². The van der Waals surface area contributed by atoms with E-state index in [1.807, 2.05) is 0 Å². The van der Waals surface area contributed by atoms with E-state index in [4.69, 9.17) is 0 Å². The van der Waals surface area contributed by atoms with Gasteiger partial charge in [-0.2, -0.15) is 0 Å². The molecule has 0 amide bonds. The summed E-state index contributed by atoms with van der Waals surface area (Å²) in [5, 5.41) is 0. The van der Waals surface area contributed by atoms with Crippen molar-refractivity contribution in [3.63, 3.8) is 0 Å². The monoisotopic (exact) mass is 617 g/mol. The Morgan fingerprint density at radius 2 is 0.812 bits per heavy atom. The maximum absolute atomic E-state index is 2.37. The normalized spacial score (nSPS) is 11.1. The van der Waals surface area contributed by atoms with Crippen LogP contribution in [0.15, 0.2) is 170 Å². The van der Waals surface area contributed by atoms with Crippen LogP contribution < -0.4 is 4.90 Å². The summed E-state index contributed by atoms with van der Waals surface area (Å²) in [5.41, 5.74) is 16.8. The second-order valence-electron chi connectivity index (χ2n) is 12.5. The Kier molecular flexibility index (Phi) is 8.85. The molecule has 0 aromatic heterocycles. The van der Waals surface area contributed by atoms with Gasteiger partial charge in [0.05, 0.1) is 0 Å². The van der Waals surface area contributed by atoms with Crippen LogP contribution in [-0.2, 0) is 0 Å². The van der Waals surface area contributed by atoms with Crippen LogP contribution in [0.3, 0.4) is 0 Å². The molecule has 1 nitrogen and oxygen atoms in total. The predicted molar refractivity (Wildman–Crippen MR) is 207 cm³/mol. The number of benzene rings is 7. The molecule has 0 aliphatic heterocycles. The first-order chi connectivity index (χ1) is 23.5. The molecule has 7 rings (SSSR count). The molecule has 7 aromatic rings. The number of aryl methyl sites for hydroxylation is 3. The van der Waals surface area contributed by atoms with E-state index in [-0.39, 0.29) is 0 Å². The molecule has 48 heavy (non-hydrogen) atoms. The van der Waals surface area contributed by atoms with Crippen molar-refractivity contribution in [1.29, 1.82) is 0 Å². The molecule has 0 unspecified atom stereocenters. The molecule has 0 radical (unpaired) electrons. The lowest BCUT2D eigenvalue weighted by Crippen LogP contribution is -2.10. The van der Waals surface area contributed by atoms with Crippen LogP contribution in [0, 0.1) is 20.8 Å². The number of hydrogen-bond acceptors (Lipinski definition) is 1. The van der Waals surface area contributed by atoms with Crippen LogP contribution in [0.2, 0.25) is 0 Å². The standard InChI is InChI=1S/C47H39N/c1-34-17-21-37(22-18-34)23-24-38-25-29-41(30-26-38)48(40-27-19-35(2)20-28-40)42-31-32-46(43-14-8-7-11-36(43)3)47(33-42)45-16-10-9-15-44(45)39-12-5-4-6-13-39/h4-33H,1-3H3. The van der Waals surface area contributed by atoms with Gasteiger partial charge in [0.1, 0.15) is 0 Å². The van der Waals surface area contributed by atoms with Gasteiger partial charge in [0, 0.05) is 17.1 Å². The summed E-state index contributed by atoms with van der Waals surface area (Å²) in [4.78, 5) is 2.36. The van der Waals surface area contributed by atoms with Crippen LogP contribution in [0.25, 0.3) is 45.5 Å². The highest BCUT2D eigenvalue weighted by Crippen LogP contribution is 2.44. The lowest BCUT2D eigenvalue weighted by atomic mass is 9.87. The van der Waals surface area contributed by atoms with Gasteiger partial charge in [0.2, 0.25) is 0 Å². The van der Waals surface area contributed by atoms with E-state index < -0.39 is 0 Å². The van der Waals surface area contributed by atoms with Crippen molar-refractivity contribution < 1.29 is 0 Å². The van der Waals surface area contributed by atoms with Crippen molar-refractivity contribution in [2.75, 3.05) is 4.90 Å². The molecule has 0 fully saturated rings. The van der Waals surface area contributed by atoms with Crippen LogP contribution in [0.1, 0.15) is 27.8 Å². The Labute approximate surface area is 285 Å². The van der Waals surface area contributed by atoms with Crippen molar-refractivity contribution in [3.8, 4) is 33.4 Å². The maximum Gasteiger partial charge on any atom is 0.0468 e. The SMILES string of the molecule is Cc1ccc(C=Cc2ccc(N(c3ccc(C)cc3)c3ccc(-c4ccccc4C)c(-c4ccccc4-c4ccccc4)c3)cc2)cc1. The first-order valence-electron chi connectivity index (χ1n) is 16.6. The topological polar surface area (TPSA) is 3.24 Å². The molecule has 0 atom stereocenters. The van der Waals surface area contributed by atoms with E-state index in [0.29, 0.717) is 0 Å². The zero-order valence-electron chi connectivity index (χ0n) is 27.8. The van der Waals surface area contributed by atoms with Gasteiger partial charge in [-0.1, -0.05) is 157 Å². The van der Waals surface area contributed by atoms with E-state index >= 15 is 0 Å². The number of anilines is 3. The molecule has 0 saturated carbocycles. The summed E-state index contributed by atoms with van der Waals surface area (Å²) in [6.45, 7) is 6.45. The fourth-order valence-electron chi connectivity index (χ4n) is 6.34. The molecular formula is C47H39N. The molecule has 0 aliphatic carbocycles. The lowest BCUT2D eigenvalue weighted by molar-refractivity contribution is 1.27. The van der Waals surface area contributed by atoms with Gasteiger partial charge < -0.3 is 4.90 Å². The van der Waals surface area contributed by atoms with E-state index in [2.05, 4.69) is 208 Å². The number of nitrogens with zero attached hydrogens (tertiary/aromatic N) is 1. The Bertz CT molecular complexity index is 2170. The van der Waals surface area contributed by atoms with Gasteiger partial charge in [-0.3, -0.25) is 0 Å². The molecule has 232 valence electrons. The fraction of sp³-hybridized carbons (Fsp3) is 0.0638. The number of hydrogen-bond donors (Lipinski definition) is 0. The molecule has 7 aromatic carbocycles. The van der Waals surface area contributed by atoms with Crippen LogP contribution >= 0.6 is 0 Å². The molecule has 0 saturated heterocycles. The van der Waals surface area contributed by atoms with Gasteiger partial charge >= 0.3 is 0 Å². The minimum absolute atomic E-state index is 1.11. The highest BCUT2D eigenvalue weighted by atomic mass is 15.1. The van der Waals surface area contributed by atoms with Crippen molar-refractivity contribution in [3.05, 3.63) is 198 Å². The van der Waals surface area contributed by atoms with E-state index in [9.17, 15) is 0 Å². The second kappa shape index (κ2) is 13.8. The zero-order valence-corrected chi connectivity index (χ0v) is 27.8. The minimum atomic E-state index is 1.11. The highest BCUT2D eigenvalue weighted by Gasteiger charge is 2.19. The van der Waals surface area contributed by atoms with E-state index in [1.54, 1.807) is 0 Å². The quantitative estimate of drug-likeness (QED) is 0.153. The van der Waals surface area contributed by atoms with Crippen LogP contribution in [-0.4, -0.2) is 0 Å². The van der Waals surface area contributed by atoms with E-state index in [1.165, 1.54) is 55.6 Å². The largest absolute Gasteiger partial charge is 0.310 e. The molecule has 0 spiro atoms. The lowest BCUT2D eigenvalue weighted by Gasteiger charge is -2.27. The second-order valence-corrected chi connectivity index (χ2v) is 12.5. The van der Waals surface area contributed by atoms with Crippen molar-refractivity contribution in [2.24, 2.45) is 0 Å². The third kappa shape index (κ3) is 6.63. The molecule has 0 heterocycles. The zero-order chi connectivity index (χ0) is 32.9. The van der Waals surface area contributed by atoms with Crippen molar-refractivity contribution in [1.82, 2.24) is 0 Å². The van der Waals surface area contributed by atoms with Crippen molar-refractivity contribution >= 4 is 29.2 Å². The Balaban J connectivity index is 1.37. The van der Waals surface area contributed by atoms with Gasteiger partial charge in [0.25, 0.3) is 0 Å². The smallest absolute Gasteiger partial charge is 0.0468 e. The van der Waals surface area contributed by atoms with Crippen LogP contribution in [0.5, 0.6) is 0 Å². The molecule has 1 heteroatoms. The summed E-state index contributed by atoms with van der Waals surface area (Å²) >= 11 is 0. The molecule has 0 bridgehead atoms. The third-order valence-corrected chi connectivity index (χ3v) is 8.99. The first kappa shape index (κ1) is 30.7. The Morgan fingerprint density at radius 3 is 1.44 bits per heavy atom. The average molecular weight is 618 g/mol. The average Bonchev–Trinajstić information content (AvgIpc) is 3.13. The summed E-state index contributed by atoms with van der Waals surface area (Å²) in [5.74, 6) is 0. The first-order valence-corrected chi connectivity index (χ1v) is 16.6. The number of rotatable bonds is 8. The van der Waals surface area contributed by atoms with Crippen molar-refractivity contribution in [2.45, 2.75) is 20.8 Å². The Morgan fingerprint density at radius 1 is 0.354 bits per heavy atom. The highest BCUT2D eigenvalue weighted by molar-refractivity contribution is 5.95. The van der Waals surface area contributed by atoms with Crippen LogP contribution in [0.4, 0.5) is 17.1 Å². The Hall–Kier alpha value is -5.92. The molecule has 0 N–H and O–H groups in total. The van der Waals surface area contributed by atoms with Gasteiger partial charge in [-0.15, -0.1) is 0 Å². The summed E-state index contributed by atoms with van der Waals surface area (Å²) in [7, 11) is 0. The van der Waals surface area contributed by atoms with Gasteiger partial charge in [-0.05, 0) is 107 Å².